The number of aromatic nitrogens is 3. The number of benzene rings is 2. The van der Waals surface area contributed by atoms with E-state index >= 15 is 0 Å². The largest absolute Gasteiger partial charge is 0.284 e. The molecule has 0 spiro atoms. The summed E-state index contributed by atoms with van der Waals surface area (Å²) in [5.74, 6) is 0.827. The van der Waals surface area contributed by atoms with Crippen molar-refractivity contribution in [2.24, 2.45) is 0 Å². The monoisotopic (exact) mass is 448 g/mol. The second-order valence-electron chi connectivity index (χ2n) is 6.39. The van der Waals surface area contributed by atoms with Gasteiger partial charge in [0, 0.05) is 15.1 Å². The first-order chi connectivity index (χ1) is 12.6. The molecule has 0 N–H and O–H groups in total. The Morgan fingerprint density at radius 3 is 2.31 bits per heavy atom. The molecular weight excluding hydrogens is 432 g/mol. The van der Waals surface area contributed by atoms with E-state index in [1.54, 1.807) is 0 Å². The number of likely N-dealkylation sites (tertiary alicyclic amines) is 1. The maximum Gasteiger partial charge on any atom is 0.204 e. The van der Waals surface area contributed by atoms with E-state index in [2.05, 4.69) is 20.8 Å². The number of halogens is 2. The normalized spacial score (nSPS) is 14.8. The van der Waals surface area contributed by atoms with E-state index < -0.39 is 0 Å². The van der Waals surface area contributed by atoms with Gasteiger partial charge in [0.1, 0.15) is 0 Å². The molecule has 0 saturated carbocycles. The lowest BCUT2D eigenvalue weighted by molar-refractivity contribution is 0.253. The SMILES string of the molecule is S=c1n(CN2CCCC2)nc(-c2ccc(Cl)cc2)n1-c1ccc(Br)cc1. The summed E-state index contributed by atoms with van der Waals surface area (Å²) < 4.78 is 5.68. The van der Waals surface area contributed by atoms with Crippen LogP contribution in [0.4, 0.5) is 0 Å². The smallest absolute Gasteiger partial charge is 0.204 e. The van der Waals surface area contributed by atoms with Crippen LogP contribution in [0.5, 0.6) is 0 Å². The van der Waals surface area contributed by atoms with Gasteiger partial charge in [-0.05, 0) is 86.7 Å². The third-order valence-electron chi connectivity index (χ3n) is 4.56. The lowest BCUT2D eigenvalue weighted by Crippen LogP contribution is -2.23. The number of rotatable bonds is 4. The molecule has 1 saturated heterocycles. The zero-order valence-corrected chi connectivity index (χ0v) is 17.3. The quantitative estimate of drug-likeness (QED) is 0.489. The first kappa shape index (κ1) is 17.9. The summed E-state index contributed by atoms with van der Waals surface area (Å²) in [6.45, 7) is 2.93. The van der Waals surface area contributed by atoms with Gasteiger partial charge in [0.05, 0.1) is 12.4 Å². The highest BCUT2D eigenvalue weighted by molar-refractivity contribution is 9.10. The Morgan fingerprint density at radius 2 is 1.65 bits per heavy atom. The molecule has 4 nitrogen and oxygen atoms in total. The Hall–Kier alpha value is -1.47. The molecule has 0 atom stereocenters. The van der Waals surface area contributed by atoms with Crippen LogP contribution in [0.1, 0.15) is 12.8 Å². The van der Waals surface area contributed by atoms with E-state index in [0.29, 0.717) is 9.79 Å². The van der Waals surface area contributed by atoms with Crippen LogP contribution in [0.25, 0.3) is 17.1 Å². The van der Waals surface area contributed by atoms with Crippen molar-refractivity contribution in [1.29, 1.82) is 0 Å². The first-order valence-corrected chi connectivity index (χ1v) is 10.1. The van der Waals surface area contributed by atoms with Gasteiger partial charge in [-0.3, -0.25) is 9.47 Å². The molecule has 4 rings (SSSR count). The zero-order chi connectivity index (χ0) is 18.1. The predicted molar refractivity (Wildman–Crippen MR) is 111 cm³/mol. The van der Waals surface area contributed by atoms with Crippen molar-refractivity contribution >= 4 is 39.7 Å². The van der Waals surface area contributed by atoms with Crippen molar-refractivity contribution in [3.8, 4) is 17.1 Å². The average Bonchev–Trinajstić information content (AvgIpc) is 3.26. The molecule has 3 aromatic rings. The molecule has 1 aromatic heterocycles. The molecular formula is C19H18BrClN4S. The summed E-state index contributed by atoms with van der Waals surface area (Å²) in [5, 5.41) is 5.56. The van der Waals surface area contributed by atoms with Gasteiger partial charge in [0.25, 0.3) is 0 Å². The molecule has 1 aliphatic heterocycles. The fourth-order valence-electron chi connectivity index (χ4n) is 3.22. The van der Waals surface area contributed by atoms with Crippen molar-refractivity contribution in [1.82, 2.24) is 19.2 Å². The summed E-state index contributed by atoms with van der Waals surface area (Å²) >= 11 is 15.3. The molecule has 2 heterocycles. The molecule has 0 unspecified atom stereocenters. The Labute approximate surface area is 171 Å². The van der Waals surface area contributed by atoms with Crippen LogP contribution < -0.4 is 0 Å². The third kappa shape index (κ3) is 3.64. The summed E-state index contributed by atoms with van der Waals surface area (Å²) in [6, 6.07) is 15.8. The fourth-order valence-corrected chi connectivity index (χ4v) is 3.90. The zero-order valence-electron chi connectivity index (χ0n) is 14.1. The lowest BCUT2D eigenvalue weighted by Gasteiger charge is -2.13. The molecule has 0 amide bonds. The van der Waals surface area contributed by atoms with E-state index in [-0.39, 0.29) is 0 Å². The highest BCUT2D eigenvalue weighted by Crippen LogP contribution is 2.25. The summed E-state index contributed by atoms with van der Waals surface area (Å²) in [7, 11) is 0. The number of hydrogen-bond donors (Lipinski definition) is 0. The number of hydrogen-bond acceptors (Lipinski definition) is 3. The molecule has 2 aromatic carbocycles. The van der Waals surface area contributed by atoms with E-state index in [1.165, 1.54) is 12.8 Å². The highest BCUT2D eigenvalue weighted by atomic mass is 79.9. The van der Waals surface area contributed by atoms with Crippen LogP contribution in [0.15, 0.2) is 53.0 Å². The van der Waals surface area contributed by atoms with Gasteiger partial charge in [-0.1, -0.05) is 27.5 Å². The van der Waals surface area contributed by atoms with Crippen molar-refractivity contribution in [2.45, 2.75) is 19.5 Å². The van der Waals surface area contributed by atoms with E-state index in [9.17, 15) is 0 Å². The van der Waals surface area contributed by atoms with Gasteiger partial charge in [-0.2, -0.15) is 0 Å². The van der Waals surface area contributed by atoms with Crippen molar-refractivity contribution in [2.75, 3.05) is 13.1 Å². The maximum absolute atomic E-state index is 6.06. The van der Waals surface area contributed by atoms with E-state index in [4.69, 9.17) is 28.9 Å². The number of nitrogens with zero attached hydrogens (tertiary/aromatic N) is 4. The van der Waals surface area contributed by atoms with Crippen LogP contribution in [0, 0.1) is 4.77 Å². The Kier molecular flexibility index (Phi) is 5.27. The Bertz CT molecular complexity index is 957. The minimum Gasteiger partial charge on any atom is -0.284 e. The Morgan fingerprint density at radius 1 is 1.00 bits per heavy atom. The molecule has 0 radical (unpaired) electrons. The summed E-state index contributed by atoms with van der Waals surface area (Å²) in [6.07, 6.45) is 2.48. The predicted octanol–water partition coefficient (Wildman–Crippen LogP) is 5.54. The molecule has 1 fully saturated rings. The molecule has 134 valence electrons. The van der Waals surface area contributed by atoms with Crippen LogP contribution >= 0.6 is 39.7 Å². The van der Waals surface area contributed by atoms with Gasteiger partial charge in [0.2, 0.25) is 4.77 Å². The van der Waals surface area contributed by atoms with E-state index in [1.807, 2.05) is 57.8 Å². The molecule has 1 aliphatic rings. The Balaban J connectivity index is 1.83. The van der Waals surface area contributed by atoms with Gasteiger partial charge in [-0.25, -0.2) is 4.68 Å². The fraction of sp³-hybridized carbons (Fsp3) is 0.263. The van der Waals surface area contributed by atoms with Crippen molar-refractivity contribution in [3.05, 3.63) is 62.8 Å². The molecule has 7 heteroatoms. The minimum atomic E-state index is 0.698. The topological polar surface area (TPSA) is 26.0 Å². The van der Waals surface area contributed by atoms with Gasteiger partial charge < -0.3 is 0 Å². The van der Waals surface area contributed by atoms with Crippen molar-refractivity contribution < 1.29 is 0 Å². The molecule has 0 aliphatic carbocycles. The maximum atomic E-state index is 6.06. The molecule has 0 bridgehead atoms. The summed E-state index contributed by atoms with van der Waals surface area (Å²) in [5.41, 5.74) is 1.99. The minimum absolute atomic E-state index is 0.698. The molecule has 26 heavy (non-hydrogen) atoms. The van der Waals surface area contributed by atoms with Crippen LogP contribution in [0.2, 0.25) is 5.02 Å². The van der Waals surface area contributed by atoms with Crippen LogP contribution in [-0.4, -0.2) is 32.3 Å². The highest BCUT2D eigenvalue weighted by Gasteiger charge is 2.18. The van der Waals surface area contributed by atoms with Gasteiger partial charge >= 0.3 is 0 Å². The van der Waals surface area contributed by atoms with Gasteiger partial charge in [-0.15, -0.1) is 5.10 Å². The van der Waals surface area contributed by atoms with Crippen molar-refractivity contribution in [3.63, 3.8) is 0 Å². The standard InChI is InChI=1S/C19H18BrClN4S/c20-15-5-9-17(10-6-15)25-18(14-3-7-16(21)8-4-14)22-24(19(25)26)13-23-11-1-2-12-23/h3-10H,1-2,11-13H2. The van der Waals surface area contributed by atoms with E-state index in [0.717, 1.165) is 41.3 Å². The van der Waals surface area contributed by atoms with Crippen LogP contribution in [0.3, 0.4) is 0 Å². The van der Waals surface area contributed by atoms with Gasteiger partial charge in [0.15, 0.2) is 5.82 Å². The third-order valence-corrected chi connectivity index (χ3v) is 5.73. The average molecular weight is 450 g/mol. The van der Waals surface area contributed by atoms with Crippen LogP contribution in [-0.2, 0) is 6.67 Å². The summed E-state index contributed by atoms with van der Waals surface area (Å²) in [4.78, 5) is 2.39. The lowest BCUT2D eigenvalue weighted by atomic mass is 10.2. The second-order valence-corrected chi connectivity index (χ2v) is 8.11. The second kappa shape index (κ2) is 7.64. The first-order valence-electron chi connectivity index (χ1n) is 8.56.